The molecule has 0 unspecified atom stereocenters. The molecule has 0 spiro atoms. The number of rotatable bonds is 6. The molecule has 1 aromatic heterocycles. The van der Waals surface area contributed by atoms with Crippen LogP contribution in [0.2, 0.25) is 0 Å². The number of thioether (sulfide) groups is 1. The van der Waals surface area contributed by atoms with Gasteiger partial charge in [0.25, 0.3) is 10.9 Å². The lowest BCUT2D eigenvalue weighted by Crippen LogP contribution is -2.06. The monoisotopic (exact) mass is 411 g/mol. The highest BCUT2D eigenvalue weighted by molar-refractivity contribution is 7.98. The fourth-order valence-electron chi connectivity index (χ4n) is 2.26. The first kappa shape index (κ1) is 19.7. The fraction of sp³-hybridized carbons (Fsp3) is 0.176. The van der Waals surface area contributed by atoms with Crippen LogP contribution in [0.3, 0.4) is 0 Å². The Morgan fingerprint density at radius 2 is 1.89 bits per heavy atom. The van der Waals surface area contributed by atoms with Crippen LogP contribution < -0.4 is 4.74 Å². The van der Waals surface area contributed by atoms with Gasteiger partial charge in [-0.2, -0.15) is 13.2 Å². The lowest BCUT2D eigenvalue weighted by molar-refractivity contribution is -0.385. The summed E-state index contributed by atoms with van der Waals surface area (Å²) >= 11 is 1.19. The normalized spacial score (nSPS) is 11.4. The molecule has 0 aliphatic carbocycles. The number of benzene rings is 2. The molecule has 7 nitrogen and oxygen atoms in total. The smallest absolute Gasteiger partial charge is 0.416 e. The van der Waals surface area contributed by atoms with Crippen molar-refractivity contribution in [1.82, 2.24) is 10.2 Å². The average molecular weight is 411 g/mol. The highest BCUT2D eigenvalue weighted by Crippen LogP contribution is 2.36. The van der Waals surface area contributed by atoms with E-state index in [9.17, 15) is 23.3 Å². The van der Waals surface area contributed by atoms with Gasteiger partial charge in [-0.1, -0.05) is 23.9 Å². The quantitative estimate of drug-likeness (QED) is 0.321. The van der Waals surface area contributed by atoms with Gasteiger partial charge in [0.2, 0.25) is 5.89 Å². The summed E-state index contributed by atoms with van der Waals surface area (Å²) in [6.45, 7) is 0. The predicted molar refractivity (Wildman–Crippen MR) is 93.9 cm³/mol. The first-order chi connectivity index (χ1) is 13.3. The maximum atomic E-state index is 13.0. The minimum absolute atomic E-state index is 0.130. The standard InChI is InChI=1S/C17H12F3N3O4S/c1-26-14-4-2-10(3-5-14)9-28-16-22-21-15(27-16)11-6-12(17(18,19)20)8-13(7-11)23(24)25/h2-8H,9H2,1H3. The van der Waals surface area contributed by atoms with Gasteiger partial charge < -0.3 is 9.15 Å². The molecule has 28 heavy (non-hydrogen) atoms. The van der Waals surface area contributed by atoms with E-state index in [4.69, 9.17) is 9.15 Å². The van der Waals surface area contributed by atoms with Gasteiger partial charge >= 0.3 is 6.18 Å². The molecule has 0 fully saturated rings. The average Bonchev–Trinajstić information content (AvgIpc) is 3.15. The van der Waals surface area contributed by atoms with Crippen molar-refractivity contribution in [2.45, 2.75) is 17.2 Å². The molecule has 0 bridgehead atoms. The van der Waals surface area contributed by atoms with Crippen LogP contribution in [0.25, 0.3) is 11.5 Å². The number of alkyl halides is 3. The van der Waals surface area contributed by atoms with Crippen LogP contribution >= 0.6 is 11.8 Å². The van der Waals surface area contributed by atoms with Gasteiger partial charge in [0.1, 0.15) is 5.75 Å². The zero-order valence-corrected chi connectivity index (χ0v) is 15.1. The summed E-state index contributed by atoms with van der Waals surface area (Å²) < 4.78 is 49.4. The van der Waals surface area contributed by atoms with E-state index in [0.29, 0.717) is 17.6 Å². The highest BCUT2D eigenvalue weighted by atomic mass is 32.2. The summed E-state index contributed by atoms with van der Waals surface area (Å²) in [5.41, 5.74) is -1.11. The van der Waals surface area contributed by atoms with Crippen molar-refractivity contribution in [3.63, 3.8) is 0 Å². The molecule has 0 radical (unpaired) electrons. The third-order valence-electron chi connectivity index (χ3n) is 3.63. The van der Waals surface area contributed by atoms with Crippen LogP contribution in [-0.2, 0) is 11.9 Å². The van der Waals surface area contributed by atoms with Gasteiger partial charge in [-0.25, -0.2) is 0 Å². The Balaban J connectivity index is 1.80. The molecule has 0 saturated carbocycles. The lowest BCUT2D eigenvalue weighted by atomic mass is 10.1. The van der Waals surface area contributed by atoms with Crippen LogP contribution in [-0.4, -0.2) is 22.2 Å². The van der Waals surface area contributed by atoms with Gasteiger partial charge in [-0.3, -0.25) is 10.1 Å². The summed E-state index contributed by atoms with van der Waals surface area (Å²) in [6, 6.07) is 9.42. The number of hydrogen-bond acceptors (Lipinski definition) is 7. The van der Waals surface area contributed by atoms with Gasteiger partial charge in [0, 0.05) is 23.4 Å². The number of ether oxygens (including phenoxy) is 1. The van der Waals surface area contributed by atoms with Gasteiger partial charge in [0.15, 0.2) is 0 Å². The zero-order chi connectivity index (χ0) is 20.3. The third-order valence-corrected chi connectivity index (χ3v) is 4.52. The van der Waals surface area contributed by atoms with Crippen molar-refractivity contribution in [2.75, 3.05) is 7.11 Å². The molecule has 2 aromatic carbocycles. The van der Waals surface area contributed by atoms with E-state index in [0.717, 1.165) is 17.7 Å². The lowest BCUT2D eigenvalue weighted by Gasteiger charge is -2.07. The fourth-order valence-corrected chi connectivity index (χ4v) is 2.97. The topological polar surface area (TPSA) is 91.3 Å². The van der Waals surface area contributed by atoms with E-state index in [-0.39, 0.29) is 16.7 Å². The van der Waals surface area contributed by atoms with Crippen LogP contribution in [0.1, 0.15) is 11.1 Å². The van der Waals surface area contributed by atoms with Gasteiger partial charge in [-0.15, -0.1) is 10.2 Å². The summed E-state index contributed by atoms with van der Waals surface area (Å²) in [5, 5.41) is 18.5. The second-order valence-corrected chi connectivity index (χ2v) is 6.46. The number of nitro benzene ring substituents is 1. The Labute approximate surface area is 160 Å². The second kappa shape index (κ2) is 7.89. The number of methoxy groups -OCH3 is 1. The van der Waals surface area contributed by atoms with E-state index in [1.54, 1.807) is 19.2 Å². The second-order valence-electron chi connectivity index (χ2n) is 5.53. The minimum atomic E-state index is -4.74. The van der Waals surface area contributed by atoms with Crippen LogP contribution in [0.4, 0.5) is 18.9 Å². The maximum absolute atomic E-state index is 13.0. The number of aromatic nitrogens is 2. The summed E-state index contributed by atoms with van der Waals surface area (Å²) in [4.78, 5) is 10.0. The van der Waals surface area contributed by atoms with Gasteiger partial charge in [0.05, 0.1) is 17.6 Å². The predicted octanol–water partition coefficient (Wildman–Crippen LogP) is 4.96. The summed E-state index contributed by atoms with van der Waals surface area (Å²) in [5.74, 6) is 0.959. The molecule has 0 aliphatic heterocycles. The van der Waals surface area contributed by atoms with Crippen molar-refractivity contribution in [3.8, 4) is 17.2 Å². The van der Waals surface area contributed by atoms with Crippen molar-refractivity contribution in [1.29, 1.82) is 0 Å². The number of nitro groups is 1. The van der Waals surface area contributed by atoms with Crippen molar-refractivity contribution in [2.24, 2.45) is 0 Å². The third kappa shape index (κ3) is 4.60. The first-order valence-corrected chi connectivity index (χ1v) is 8.71. The maximum Gasteiger partial charge on any atom is 0.416 e. The largest absolute Gasteiger partial charge is 0.497 e. The molecule has 1 heterocycles. The number of nitrogens with zero attached hydrogens (tertiary/aromatic N) is 3. The number of non-ortho nitro benzene ring substituents is 1. The molecule has 3 aromatic rings. The number of halogens is 3. The Kier molecular flexibility index (Phi) is 5.54. The molecule has 0 aliphatic rings. The van der Waals surface area contributed by atoms with Crippen molar-refractivity contribution < 1.29 is 27.2 Å². The van der Waals surface area contributed by atoms with Crippen LogP contribution in [0.5, 0.6) is 5.75 Å². The molecule has 11 heteroatoms. The van der Waals surface area contributed by atoms with Crippen molar-refractivity contribution in [3.05, 3.63) is 63.7 Å². The molecule has 0 amide bonds. The highest BCUT2D eigenvalue weighted by Gasteiger charge is 2.33. The van der Waals surface area contributed by atoms with Crippen LogP contribution in [0, 0.1) is 10.1 Å². The SMILES string of the molecule is COc1ccc(CSc2nnc(-c3cc([N+](=O)[O-])cc(C(F)(F)F)c3)o2)cc1. The first-order valence-electron chi connectivity index (χ1n) is 7.72. The van der Waals surface area contributed by atoms with E-state index in [2.05, 4.69) is 10.2 Å². The Hall–Kier alpha value is -3.08. The van der Waals surface area contributed by atoms with E-state index < -0.39 is 22.4 Å². The Bertz CT molecular complexity index is 990. The van der Waals surface area contributed by atoms with Crippen LogP contribution in [0.15, 0.2) is 52.1 Å². The van der Waals surface area contributed by atoms with E-state index in [1.807, 2.05) is 12.1 Å². The summed E-state index contributed by atoms with van der Waals surface area (Å²) in [6.07, 6.45) is -4.74. The molecular weight excluding hydrogens is 399 g/mol. The molecular formula is C17H12F3N3O4S. The molecule has 3 rings (SSSR count). The van der Waals surface area contributed by atoms with E-state index >= 15 is 0 Å². The molecule has 0 atom stereocenters. The number of hydrogen-bond donors (Lipinski definition) is 0. The zero-order valence-electron chi connectivity index (χ0n) is 14.3. The van der Waals surface area contributed by atoms with Gasteiger partial charge in [-0.05, 0) is 23.8 Å². The molecule has 0 saturated heterocycles. The Morgan fingerprint density at radius 3 is 2.50 bits per heavy atom. The molecule has 0 N–H and O–H groups in total. The Morgan fingerprint density at radius 1 is 1.18 bits per heavy atom. The minimum Gasteiger partial charge on any atom is -0.497 e. The molecule has 146 valence electrons. The van der Waals surface area contributed by atoms with Crippen molar-refractivity contribution >= 4 is 17.4 Å². The summed E-state index contributed by atoms with van der Waals surface area (Å²) in [7, 11) is 1.56. The van der Waals surface area contributed by atoms with E-state index in [1.165, 1.54) is 11.8 Å².